The van der Waals surface area contributed by atoms with Crippen LogP contribution in [-0.4, -0.2) is 48.3 Å². The summed E-state index contributed by atoms with van der Waals surface area (Å²) >= 11 is 0. The molecule has 3 heterocycles. The van der Waals surface area contributed by atoms with Crippen LogP contribution >= 0.6 is 0 Å². The molecule has 2 aromatic rings. The fourth-order valence-electron chi connectivity index (χ4n) is 4.81. The number of aliphatic hydroxyl groups excluding tert-OH is 1. The fourth-order valence-corrected chi connectivity index (χ4v) is 4.81. The maximum atomic E-state index is 12.2. The summed E-state index contributed by atoms with van der Waals surface area (Å²) in [4.78, 5) is 18.3. The van der Waals surface area contributed by atoms with Gasteiger partial charge in [0.25, 0.3) is 0 Å². The summed E-state index contributed by atoms with van der Waals surface area (Å²) in [6, 6.07) is 6.21. The first-order chi connectivity index (χ1) is 13.6. The van der Waals surface area contributed by atoms with Crippen LogP contribution in [0.25, 0.3) is 10.9 Å². The molecule has 2 atom stereocenters. The van der Waals surface area contributed by atoms with E-state index < -0.39 is 5.97 Å². The third kappa shape index (κ3) is 2.79. The summed E-state index contributed by atoms with van der Waals surface area (Å²) in [5.41, 5.74) is 5.01. The van der Waals surface area contributed by atoms with E-state index in [2.05, 4.69) is 22.0 Å². The molecule has 0 spiro atoms. The zero-order valence-corrected chi connectivity index (χ0v) is 16.5. The van der Waals surface area contributed by atoms with Crippen LogP contribution in [0.1, 0.15) is 30.6 Å². The van der Waals surface area contributed by atoms with Gasteiger partial charge in [0.2, 0.25) is 0 Å². The summed E-state index contributed by atoms with van der Waals surface area (Å²) in [7, 11) is 3.05. The number of piperidine rings is 1. The standard InChI is InChI=1S/C22H26N2O4/c1-4-13-11-24-9-8-14-20-17(6-5-7-19(20)27-2)23-21(14)18(24)10-15(13)16(12-25)22(26)28-3/h4-7,12,15,18,23,25H,8-11H2,1-3H3/b13-4+,16-12-/t15-,18-/m0/s1. The maximum Gasteiger partial charge on any atom is 0.337 e. The van der Waals surface area contributed by atoms with Gasteiger partial charge in [-0.1, -0.05) is 17.7 Å². The highest BCUT2D eigenvalue weighted by atomic mass is 16.5. The second kappa shape index (κ2) is 7.36. The molecular formula is C22H26N2O4. The van der Waals surface area contributed by atoms with Gasteiger partial charge in [-0.05, 0) is 37.5 Å². The van der Waals surface area contributed by atoms with Crippen molar-refractivity contribution in [1.82, 2.24) is 9.88 Å². The van der Waals surface area contributed by atoms with E-state index >= 15 is 0 Å². The van der Waals surface area contributed by atoms with E-state index in [-0.39, 0.29) is 12.0 Å². The van der Waals surface area contributed by atoms with Gasteiger partial charge in [0.05, 0.1) is 32.1 Å². The first-order valence-corrected chi connectivity index (χ1v) is 9.62. The number of aliphatic hydroxyl groups is 1. The molecule has 1 aromatic carbocycles. The molecular weight excluding hydrogens is 356 g/mol. The number of ether oxygens (including phenoxy) is 2. The minimum absolute atomic E-state index is 0.147. The highest BCUT2D eigenvalue weighted by Gasteiger charge is 2.40. The molecule has 28 heavy (non-hydrogen) atoms. The fraction of sp³-hybridized carbons (Fsp3) is 0.409. The molecule has 2 N–H and O–H groups in total. The van der Waals surface area contributed by atoms with Gasteiger partial charge in [-0.3, -0.25) is 4.90 Å². The van der Waals surface area contributed by atoms with Gasteiger partial charge in [0, 0.05) is 35.6 Å². The number of hydrogen-bond acceptors (Lipinski definition) is 5. The van der Waals surface area contributed by atoms with Crippen molar-refractivity contribution in [3.05, 3.63) is 52.9 Å². The minimum atomic E-state index is -0.477. The quantitative estimate of drug-likeness (QED) is 0.367. The molecule has 0 radical (unpaired) electrons. The average Bonchev–Trinajstić information content (AvgIpc) is 3.12. The normalized spacial score (nSPS) is 24.1. The van der Waals surface area contributed by atoms with Gasteiger partial charge in [0.15, 0.2) is 0 Å². The summed E-state index contributed by atoms with van der Waals surface area (Å²) in [6.07, 6.45) is 4.63. The van der Waals surface area contributed by atoms with E-state index in [4.69, 9.17) is 9.47 Å². The van der Waals surface area contributed by atoms with E-state index in [1.807, 2.05) is 19.1 Å². The number of nitrogens with one attached hydrogen (secondary N) is 1. The number of nitrogens with zero attached hydrogens (tertiary/aromatic N) is 1. The average molecular weight is 382 g/mol. The van der Waals surface area contributed by atoms with Crippen LogP contribution in [0.3, 0.4) is 0 Å². The first-order valence-electron chi connectivity index (χ1n) is 9.62. The van der Waals surface area contributed by atoms with Crippen LogP contribution in [0.4, 0.5) is 0 Å². The van der Waals surface area contributed by atoms with Crippen LogP contribution in [-0.2, 0) is 16.0 Å². The number of allylic oxidation sites excluding steroid dienone is 1. The van der Waals surface area contributed by atoms with Gasteiger partial charge in [-0.2, -0.15) is 0 Å². The predicted molar refractivity (Wildman–Crippen MR) is 107 cm³/mol. The predicted octanol–water partition coefficient (Wildman–Crippen LogP) is 3.66. The number of H-pyrrole nitrogens is 1. The molecule has 0 unspecified atom stereocenters. The van der Waals surface area contributed by atoms with Gasteiger partial charge in [0.1, 0.15) is 5.75 Å². The topological polar surface area (TPSA) is 74.8 Å². The van der Waals surface area contributed by atoms with Crippen LogP contribution in [0.2, 0.25) is 0 Å². The summed E-state index contributed by atoms with van der Waals surface area (Å²) in [6.45, 7) is 3.70. The highest BCUT2D eigenvalue weighted by molar-refractivity contribution is 5.91. The van der Waals surface area contributed by atoms with Crippen molar-refractivity contribution in [2.24, 2.45) is 5.92 Å². The van der Waals surface area contributed by atoms with Gasteiger partial charge in [-0.15, -0.1) is 0 Å². The Kier molecular flexibility index (Phi) is 4.89. The molecule has 6 nitrogen and oxygen atoms in total. The number of esters is 1. The Morgan fingerprint density at radius 2 is 2.18 bits per heavy atom. The molecule has 0 amide bonds. The van der Waals surface area contributed by atoms with Crippen molar-refractivity contribution in [1.29, 1.82) is 0 Å². The number of hydrogen-bond donors (Lipinski definition) is 2. The number of fused-ring (bicyclic) bond motifs is 5. The molecule has 6 heteroatoms. The molecule has 1 saturated heterocycles. The zero-order chi connectivity index (χ0) is 19.8. The lowest BCUT2D eigenvalue weighted by Gasteiger charge is -2.43. The summed E-state index contributed by atoms with van der Waals surface area (Å²) in [5, 5.41) is 10.9. The van der Waals surface area contributed by atoms with Crippen LogP contribution in [0.15, 0.2) is 41.7 Å². The van der Waals surface area contributed by atoms with E-state index in [0.717, 1.165) is 48.0 Å². The Morgan fingerprint density at radius 3 is 2.86 bits per heavy atom. The minimum Gasteiger partial charge on any atom is -0.515 e. The molecule has 148 valence electrons. The zero-order valence-electron chi connectivity index (χ0n) is 16.5. The molecule has 2 aliphatic heterocycles. The SMILES string of the molecule is C/C=C1\CN2CCc3c([nH]c4cccc(OC)c34)[C@@H]2C[C@@H]1/C(=C/O)C(=O)OC. The molecule has 1 aromatic heterocycles. The first kappa shape index (κ1) is 18.6. The van der Waals surface area contributed by atoms with E-state index in [0.29, 0.717) is 12.0 Å². The monoisotopic (exact) mass is 382 g/mol. The van der Waals surface area contributed by atoms with Crippen molar-refractivity contribution in [3.8, 4) is 5.75 Å². The lowest BCUT2D eigenvalue weighted by Crippen LogP contribution is -2.43. The summed E-state index contributed by atoms with van der Waals surface area (Å²) in [5.74, 6) is 0.244. The molecule has 0 aliphatic carbocycles. The highest BCUT2D eigenvalue weighted by Crippen LogP contribution is 2.46. The van der Waals surface area contributed by atoms with Crippen molar-refractivity contribution < 1.29 is 19.4 Å². The number of carbonyl (C=O) groups is 1. The Morgan fingerprint density at radius 1 is 1.36 bits per heavy atom. The number of benzene rings is 1. The largest absolute Gasteiger partial charge is 0.515 e. The number of methoxy groups -OCH3 is 2. The van der Waals surface area contributed by atoms with Crippen LogP contribution in [0.5, 0.6) is 5.75 Å². The molecule has 2 aliphatic rings. The third-order valence-electron chi connectivity index (χ3n) is 6.16. The van der Waals surface area contributed by atoms with Crippen molar-refractivity contribution in [3.63, 3.8) is 0 Å². The van der Waals surface area contributed by atoms with E-state index in [1.54, 1.807) is 7.11 Å². The van der Waals surface area contributed by atoms with E-state index in [9.17, 15) is 9.90 Å². The number of aromatic amines is 1. The van der Waals surface area contributed by atoms with Gasteiger partial charge in [-0.25, -0.2) is 4.79 Å². The van der Waals surface area contributed by atoms with Crippen LogP contribution in [0, 0.1) is 5.92 Å². The lowest BCUT2D eigenvalue weighted by molar-refractivity contribution is -0.136. The third-order valence-corrected chi connectivity index (χ3v) is 6.16. The lowest BCUT2D eigenvalue weighted by atomic mass is 9.78. The van der Waals surface area contributed by atoms with Gasteiger partial charge >= 0.3 is 5.97 Å². The molecule has 0 saturated carbocycles. The van der Waals surface area contributed by atoms with Crippen LogP contribution < -0.4 is 4.74 Å². The van der Waals surface area contributed by atoms with Crippen molar-refractivity contribution in [2.45, 2.75) is 25.8 Å². The number of carbonyl (C=O) groups excluding carboxylic acids is 1. The second-order valence-electron chi connectivity index (χ2n) is 7.36. The molecule has 4 rings (SSSR count). The number of aromatic nitrogens is 1. The number of rotatable bonds is 3. The van der Waals surface area contributed by atoms with Crippen molar-refractivity contribution >= 4 is 16.9 Å². The molecule has 1 fully saturated rings. The maximum absolute atomic E-state index is 12.2. The Balaban J connectivity index is 1.78. The van der Waals surface area contributed by atoms with Gasteiger partial charge < -0.3 is 19.6 Å². The van der Waals surface area contributed by atoms with Crippen molar-refractivity contribution in [2.75, 3.05) is 27.3 Å². The smallest absolute Gasteiger partial charge is 0.337 e. The second-order valence-corrected chi connectivity index (χ2v) is 7.36. The summed E-state index contributed by atoms with van der Waals surface area (Å²) < 4.78 is 10.5. The Labute approximate surface area is 164 Å². The Hall–Kier alpha value is -2.73. The van der Waals surface area contributed by atoms with E-state index in [1.165, 1.54) is 18.4 Å². The molecule has 0 bridgehead atoms. The Bertz CT molecular complexity index is 972.